The van der Waals surface area contributed by atoms with E-state index in [0.717, 1.165) is 22.2 Å². The number of pyridine rings is 1. The predicted molar refractivity (Wildman–Crippen MR) is 112 cm³/mol. The molecule has 0 saturated heterocycles. The summed E-state index contributed by atoms with van der Waals surface area (Å²) in [7, 11) is 1.57. The van der Waals surface area contributed by atoms with Crippen LogP contribution in [0.2, 0.25) is 0 Å². The molecule has 5 nitrogen and oxygen atoms in total. The Morgan fingerprint density at radius 3 is 2.45 bits per heavy atom. The molecule has 5 heteroatoms. The lowest BCUT2D eigenvalue weighted by Crippen LogP contribution is -2.31. The zero-order valence-electron chi connectivity index (χ0n) is 16.0. The Hall–Kier alpha value is -3.86. The summed E-state index contributed by atoms with van der Waals surface area (Å²) < 4.78 is 7.06. The summed E-state index contributed by atoms with van der Waals surface area (Å²) in [6.45, 7) is 0.207. The molecule has 2 aromatic heterocycles. The number of benzene rings is 2. The molecule has 0 radical (unpaired) electrons. The standard InChI is InChI=1S/C24H20N2O3/c1-29-21-13-6-5-11-18(21)16-25-24(28)23(27)22-20(17-9-3-2-4-10-17)15-19-12-7-8-14-26(19)22/h2-15H,16H2,1H3,(H,25,28). The van der Waals surface area contributed by atoms with Gasteiger partial charge in [0.2, 0.25) is 0 Å². The maximum Gasteiger partial charge on any atom is 0.294 e. The van der Waals surface area contributed by atoms with Crippen LogP contribution in [-0.4, -0.2) is 23.2 Å². The van der Waals surface area contributed by atoms with Crippen LogP contribution in [0.25, 0.3) is 16.6 Å². The molecule has 0 bridgehead atoms. The van der Waals surface area contributed by atoms with Crippen molar-refractivity contribution in [3.63, 3.8) is 0 Å². The van der Waals surface area contributed by atoms with Gasteiger partial charge in [0.1, 0.15) is 11.4 Å². The van der Waals surface area contributed by atoms with Gasteiger partial charge >= 0.3 is 0 Å². The number of amides is 1. The summed E-state index contributed by atoms with van der Waals surface area (Å²) in [5, 5.41) is 2.72. The van der Waals surface area contributed by atoms with Crippen molar-refractivity contribution >= 4 is 17.2 Å². The van der Waals surface area contributed by atoms with E-state index >= 15 is 0 Å². The molecule has 0 saturated carbocycles. The maximum atomic E-state index is 13.1. The molecule has 0 unspecified atom stereocenters. The van der Waals surface area contributed by atoms with Crippen molar-refractivity contribution in [2.75, 3.05) is 7.11 Å². The summed E-state index contributed by atoms with van der Waals surface area (Å²) in [6.07, 6.45) is 1.79. The molecule has 0 spiro atoms. The molecule has 0 atom stereocenters. The fourth-order valence-corrected chi connectivity index (χ4v) is 3.41. The van der Waals surface area contributed by atoms with Crippen molar-refractivity contribution in [2.24, 2.45) is 0 Å². The van der Waals surface area contributed by atoms with Crippen LogP contribution in [0.5, 0.6) is 5.75 Å². The lowest BCUT2D eigenvalue weighted by atomic mass is 10.0. The highest BCUT2D eigenvalue weighted by Gasteiger charge is 2.24. The van der Waals surface area contributed by atoms with E-state index in [0.29, 0.717) is 11.4 Å². The van der Waals surface area contributed by atoms with Crippen molar-refractivity contribution in [3.8, 4) is 16.9 Å². The SMILES string of the molecule is COc1ccccc1CNC(=O)C(=O)c1c(-c2ccccc2)cc2ccccn12. The first-order chi connectivity index (χ1) is 14.2. The normalized spacial score (nSPS) is 10.7. The third kappa shape index (κ3) is 3.62. The van der Waals surface area contributed by atoms with E-state index in [1.807, 2.05) is 78.9 Å². The number of nitrogens with one attached hydrogen (secondary N) is 1. The highest BCUT2D eigenvalue weighted by Crippen LogP contribution is 2.28. The fraction of sp³-hybridized carbons (Fsp3) is 0.0833. The van der Waals surface area contributed by atoms with Crippen LogP contribution in [-0.2, 0) is 11.3 Å². The third-order valence-corrected chi connectivity index (χ3v) is 4.82. The van der Waals surface area contributed by atoms with Crippen LogP contribution in [0.15, 0.2) is 85.1 Å². The molecule has 1 amide bonds. The first kappa shape index (κ1) is 18.5. The lowest BCUT2D eigenvalue weighted by Gasteiger charge is -2.10. The number of hydrogen-bond donors (Lipinski definition) is 1. The molecular formula is C24H20N2O3. The van der Waals surface area contributed by atoms with Crippen LogP contribution in [0.1, 0.15) is 16.1 Å². The zero-order chi connectivity index (χ0) is 20.2. The monoisotopic (exact) mass is 384 g/mol. The van der Waals surface area contributed by atoms with Crippen molar-refractivity contribution in [3.05, 3.63) is 96.3 Å². The van der Waals surface area contributed by atoms with Crippen LogP contribution in [0, 0.1) is 0 Å². The van der Waals surface area contributed by atoms with Gasteiger partial charge in [-0.2, -0.15) is 0 Å². The number of ether oxygens (including phenoxy) is 1. The smallest absolute Gasteiger partial charge is 0.294 e. The topological polar surface area (TPSA) is 59.8 Å². The second-order valence-electron chi connectivity index (χ2n) is 6.59. The minimum Gasteiger partial charge on any atom is -0.496 e. The van der Waals surface area contributed by atoms with Gasteiger partial charge in [-0.25, -0.2) is 0 Å². The summed E-state index contributed by atoms with van der Waals surface area (Å²) >= 11 is 0. The van der Waals surface area contributed by atoms with Gasteiger partial charge in [-0.05, 0) is 29.8 Å². The second-order valence-corrected chi connectivity index (χ2v) is 6.59. The first-order valence-electron chi connectivity index (χ1n) is 9.29. The van der Waals surface area contributed by atoms with Crippen LogP contribution in [0.3, 0.4) is 0 Å². The van der Waals surface area contributed by atoms with Crippen molar-refractivity contribution in [2.45, 2.75) is 6.54 Å². The molecule has 2 aromatic carbocycles. The van der Waals surface area contributed by atoms with Gasteiger partial charge in [0, 0.05) is 29.4 Å². The minimum absolute atomic E-state index is 0.207. The molecule has 1 N–H and O–H groups in total. The van der Waals surface area contributed by atoms with Crippen LogP contribution < -0.4 is 10.1 Å². The van der Waals surface area contributed by atoms with E-state index in [-0.39, 0.29) is 6.54 Å². The zero-order valence-corrected chi connectivity index (χ0v) is 16.0. The van der Waals surface area contributed by atoms with Crippen LogP contribution in [0.4, 0.5) is 0 Å². The van der Waals surface area contributed by atoms with E-state index in [1.165, 1.54) is 0 Å². The number of para-hydroxylation sites is 1. The largest absolute Gasteiger partial charge is 0.496 e. The quantitative estimate of drug-likeness (QED) is 0.402. The molecule has 0 aliphatic heterocycles. The molecule has 0 aliphatic carbocycles. The number of nitrogens with zero attached hydrogens (tertiary/aromatic N) is 1. The van der Waals surface area contributed by atoms with Gasteiger partial charge in [0.15, 0.2) is 0 Å². The van der Waals surface area contributed by atoms with E-state index < -0.39 is 11.7 Å². The van der Waals surface area contributed by atoms with E-state index in [2.05, 4.69) is 5.32 Å². The number of hydrogen-bond acceptors (Lipinski definition) is 3. The number of Topliss-reactive ketones (excluding diaryl/α,β-unsaturated/α-hetero) is 1. The Kier molecular flexibility index (Phi) is 5.12. The molecule has 0 aliphatic rings. The van der Waals surface area contributed by atoms with Gasteiger partial charge < -0.3 is 14.5 Å². The average molecular weight is 384 g/mol. The number of ketones is 1. The second kappa shape index (κ2) is 8.02. The summed E-state index contributed by atoms with van der Waals surface area (Å²) in [4.78, 5) is 25.9. The van der Waals surface area contributed by atoms with Gasteiger partial charge in [-0.15, -0.1) is 0 Å². The molecule has 4 rings (SSSR count). The van der Waals surface area contributed by atoms with Gasteiger partial charge in [0.05, 0.1) is 7.11 Å². The van der Waals surface area contributed by atoms with E-state index in [4.69, 9.17) is 4.74 Å². The summed E-state index contributed by atoms with van der Waals surface area (Å²) in [6, 6.07) is 24.6. The first-order valence-corrected chi connectivity index (χ1v) is 9.29. The number of carbonyl (C=O) groups is 2. The number of aromatic nitrogens is 1. The highest BCUT2D eigenvalue weighted by molar-refractivity contribution is 6.43. The number of fused-ring (bicyclic) bond motifs is 1. The van der Waals surface area contributed by atoms with Crippen LogP contribution >= 0.6 is 0 Å². The number of rotatable bonds is 6. The average Bonchev–Trinajstić information content (AvgIpc) is 3.17. The Balaban J connectivity index is 1.67. The van der Waals surface area contributed by atoms with Crippen molar-refractivity contribution in [1.82, 2.24) is 9.72 Å². The lowest BCUT2D eigenvalue weighted by molar-refractivity contribution is -0.117. The molecular weight excluding hydrogens is 364 g/mol. The highest BCUT2D eigenvalue weighted by atomic mass is 16.5. The minimum atomic E-state index is -0.656. The summed E-state index contributed by atoms with van der Waals surface area (Å²) in [5.41, 5.74) is 3.63. The third-order valence-electron chi connectivity index (χ3n) is 4.82. The Morgan fingerprint density at radius 1 is 0.931 bits per heavy atom. The van der Waals surface area contributed by atoms with Gasteiger partial charge in [-0.3, -0.25) is 9.59 Å². The molecule has 29 heavy (non-hydrogen) atoms. The van der Waals surface area contributed by atoms with E-state index in [9.17, 15) is 9.59 Å². The predicted octanol–water partition coefficient (Wildman–Crippen LogP) is 4.11. The maximum absolute atomic E-state index is 13.1. The fourth-order valence-electron chi connectivity index (χ4n) is 3.41. The van der Waals surface area contributed by atoms with Crippen molar-refractivity contribution < 1.29 is 14.3 Å². The van der Waals surface area contributed by atoms with Gasteiger partial charge in [-0.1, -0.05) is 54.6 Å². The Bertz CT molecular complexity index is 1180. The Labute approximate surface area is 168 Å². The summed E-state index contributed by atoms with van der Waals surface area (Å²) in [5.74, 6) is -0.569. The number of methoxy groups -OCH3 is 1. The molecule has 2 heterocycles. The van der Waals surface area contributed by atoms with Gasteiger partial charge in [0.25, 0.3) is 11.7 Å². The van der Waals surface area contributed by atoms with E-state index in [1.54, 1.807) is 17.7 Å². The molecule has 144 valence electrons. The Morgan fingerprint density at radius 2 is 1.66 bits per heavy atom. The van der Waals surface area contributed by atoms with Crippen molar-refractivity contribution in [1.29, 1.82) is 0 Å². The number of carbonyl (C=O) groups excluding carboxylic acids is 2. The molecule has 0 fully saturated rings. The molecule has 4 aromatic rings.